The Morgan fingerprint density at radius 3 is 3.08 bits per heavy atom. The summed E-state index contributed by atoms with van der Waals surface area (Å²) in [6, 6.07) is 8.02. The normalized spacial score (nSPS) is 18.0. The number of aromatic amines is 2. The summed E-state index contributed by atoms with van der Waals surface area (Å²) in [5.41, 5.74) is 3.84. The van der Waals surface area contributed by atoms with Crippen molar-refractivity contribution in [3.63, 3.8) is 0 Å². The summed E-state index contributed by atoms with van der Waals surface area (Å²) < 4.78 is 0. The summed E-state index contributed by atoms with van der Waals surface area (Å²) in [5.74, 6) is 0.484. The Morgan fingerprint density at radius 1 is 1.40 bits per heavy atom. The van der Waals surface area contributed by atoms with Crippen molar-refractivity contribution in [1.82, 2.24) is 25.2 Å². The van der Waals surface area contributed by atoms with E-state index < -0.39 is 0 Å². The first kappa shape index (κ1) is 15.9. The number of carbonyl (C=O) groups is 1. The standard InChI is InChI=1S/C19H23N5O/c1-13-16-4-2-3-5-17(16)23-18(13)19(25)21-8-14-6-7-24(10-14)11-15-9-20-12-22-15/h2-5,9,12,14,23H,6-8,10-11H2,1H3,(H,20,22)(H,21,25)/t14-/m1/s1. The average molecular weight is 337 g/mol. The average Bonchev–Trinajstić information content (AvgIpc) is 3.35. The lowest BCUT2D eigenvalue weighted by Gasteiger charge is -2.15. The van der Waals surface area contributed by atoms with Crippen LogP contribution in [0.1, 0.15) is 28.2 Å². The zero-order valence-electron chi connectivity index (χ0n) is 14.4. The van der Waals surface area contributed by atoms with Crippen LogP contribution in [-0.2, 0) is 6.54 Å². The van der Waals surface area contributed by atoms with Gasteiger partial charge in [-0.2, -0.15) is 0 Å². The van der Waals surface area contributed by atoms with Crippen molar-refractivity contribution in [3.05, 3.63) is 53.7 Å². The van der Waals surface area contributed by atoms with Gasteiger partial charge in [-0.25, -0.2) is 4.98 Å². The molecule has 0 aliphatic carbocycles. The van der Waals surface area contributed by atoms with Gasteiger partial charge in [0.15, 0.2) is 0 Å². The van der Waals surface area contributed by atoms with Crippen LogP contribution in [0, 0.1) is 12.8 Å². The second kappa shape index (κ2) is 6.72. The van der Waals surface area contributed by atoms with Crippen LogP contribution in [0.15, 0.2) is 36.8 Å². The molecule has 1 aliphatic heterocycles. The minimum Gasteiger partial charge on any atom is -0.350 e. The molecule has 6 heteroatoms. The first-order chi connectivity index (χ1) is 12.2. The number of carbonyl (C=O) groups excluding carboxylic acids is 1. The molecule has 6 nitrogen and oxygen atoms in total. The van der Waals surface area contributed by atoms with Gasteiger partial charge >= 0.3 is 0 Å². The monoisotopic (exact) mass is 337 g/mol. The highest BCUT2D eigenvalue weighted by Crippen LogP contribution is 2.22. The maximum absolute atomic E-state index is 12.6. The number of H-pyrrole nitrogens is 2. The Bertz CT molecular complexity index is 867. The molecular weight excluding hydrogens is 314 g/mol. The van der Waals surface area contributed by atoms with Crippen LogP contribution in [0.2, 0.25) is 0 Å². The number of aryl methyl sites for hydroxylation is 1. The fourth-order valence-electron chi connectivity index (χ4n) is 3.67. The Morgan fingerprint density at radius 2 is 2.28 bits per heavy atom. The zero-order valence-corrected chi connectivity index (χ0v) is 14.4. The van der Waals surface area contributed by atoms with Gasteiger partial charge in [-0.05, 0) is 37.4 Å². The molecule has 0 unspecified atom stereocenters. The first-order valence-electron chi connectivity index (χ1n) is 8.76. The molecule has 2 aromatic heterocycles. The molecule has 0 radical (unpaired) electrons. The predicted molar refractivity (Wildman–Crippen MR) is 97.3 cm³/mol. The molecule has 1 aliphatic rings. The fourth-order valence-corrected chi connectivity index (χ4v) is 3.67. The summed E-state index contributed by atoms with van der Waals surface area (Å²) in [5, 5.41) is 4.22. The van der Waals surface area contributed by atoms with E-state index in [0.717, 1.165) is 48.2 Å². The number of imidazole rings is 1. The van der Waals surface area contributed by atoms with Gasteiger partial charge in [-0.3, -0.25) is 9.69 Å². The summed E-state index contributed by atoms with van der Waals surface area (Å²) in [6.07, 6.45) is 4.69. The van der Waals surface area contributed by atoms with Gasteiger partial charge in [0, 0.05) is 42.4 Å². The van der Waals surface area contributed by atoms with E-state index in [2.05, 4.69) is 25.2 Å². The maximum Gasteiger partial charge on any atom is 0.268 e. The van der Waals surface area contributed by atoms with Gasteiger partial charge in [-0.15, -0.1) is 0 Å². The lowest BCUT2D eigenvalue weighted by molar-refractivity contribution is 0.0942. The molecule has 0 bridgehead atoms. The van der Waals surface area contributed by atoms with Crippen LogP contribution in [-0.4, -0.2) is 45.4 Å². The number of para-hydroxylation sites is 1. The number of nitrogens with one attached hydrogen (secondary N) is 3. The first-order valence-corrected chi connectivity index (χ1v) is 8.76. The fraction of sp³-hybridized carbons (Fsp3) is 0.368. The lowest BCUT2D eigenvalue weighted by Crippen LogP contribution is -2.31. The van der Waals surface area contributed by atoms with Crippen LogP contribution in [0.5, 0.6) is 0 Å². The van der Waals surface area contributed by atoms with E-state index in [1.807, 2.05) is 37.4 Å². The van der Waals surface area contributed by atoms with Gasteiger partial charge in [0.25, 0.3) is 5.91 Å². The molecule has 1 aromatic carbocycles. The van der Waals surface area contributed by atoms with E-state index in [1.54, 1.807) is 6.33 Å². The van der Waals surface area contributed by atoms with Crippen LogP contribution < -0.4 is 5.32 Å². The molecule has 4 rings (SSSR count). The molecule has 1 fully saturated rings. The van der Waals surface area contributed by atoms with E-state index >= 15 is 0 Å². The van der Waals surface area contributed by atoms with Crippen LogP contribution in [0.25, 0.3) is 10.9 Å². The molecule has 3 N–H and O–H groups in total. The number of nitrogens with zero attached hydrogens (tertiary/aromatic N) is 2. The number of aromatic nitrogens is 3. The smallest absolute Gasteiger partial charge is 0.268 e. The van der Waals surface area contributed by atoms with Gasteiger partial charge in [0.05, 0.1) is 6.33 Å². The summed E-state index contributed by atoms with van der Waals surface area (Å²) >= 11 is 0. The summed E-state index contributed by atoms with van der Waals surface area (Å²) in [6.45, 7) is 5.67. The molecule has 1 amide bonds. The van der Waals surface area contributed by atoms with Crippen molar-refractivity contribution in [2.75, 3.05) is 19.6 Å². The summed E-state index contributed by atoms with van der Waals surface area (Å²) in [7, 11) is 0. The number of rotatable bonds is 5. The molecule has 1 saturated heterocycles. The number of hydrogen-bond donors (Lipinski definition) is 3. The number of amides is 1. The summed E-state index contributed by atoms with van der Waals surface area (Å²) in [4.78, 5) is 25.4. The Hall–Kier alpha value is -2.60. The Labute approximate surface area is 146 Å². The van der Waals surface area contributed by atoms with Gasteiger partial charge in [-0.1, -0.05) is 18.2 Å². The number of fused-ring (bicyclic) bond motifs is 1. The van der Waals surface area contributed by atoms with E-state index in [4.69, 9.17) is 0 Å². The molecule has 3 aromatic rings. The highest BCUT2D eigenvalue weighted by molar-refractivity contribution is 6.00. The van der Waals surface area contributed by atoms with E-state index in [0.29, 0.717) is 18.2 Å². The second-order valence-electron chi connectivity index (χ2n) is 6.85. The lowest BCUT2D eigenvalue weighted by atomic mass is 10.1. The van der Waals surface area contributed by atoms with Crippen LogP contribution >= 0.6 is 0 Å². The number of benzene rings is 1. The van der Waals surface area contributed by atoms with Crippen LogP contribution in [0.3, 0.4) is 0 Å². The molecule has 0 spiro atoms. The number of hydrogen-bond acceptors (Lipinski definition) is 3. The Balaban J connectivity index is 1.33. The molecule has 130 valence electrons. The molecule has 25 heavy (non-hydrogen) atoms. The maximum atomic E-state index is 12.6. The van der Waals surface area contributed by atoms with Gasteiger partial charge in [0.1, 0.15) is 5.69 Å². The van der Waals surface area contributed by atoms with Crippen LogP contribution in [0.4, 0.5) is 0 Å². The minimum atomic E-state index is -0.0132. The molecule has 3 heterocycles. The highest BCUT2D eigenvalue weighted by atomic mass is 16.1. The largest absolute Gasteiger partial charge is 0.350 e. The van der Waals surface area contributed by atoms with Crippen molar-refractivity contribution >= 4 is 16.8 Å². The zero-order chi connectivity index (χ0) is 17.2. The second-order valence-corrected chi connectivity index (χ2v) is 6.85. The third kappa shape index (κ3) is 3.30. The predicted octanol–water partition coefficient (Wildman–Crippen LogP) is 2.45. The van der Waals surface area contributed by atoms with Crippen molar-refractivity contribution in [3.8, 4) is 0 Å². The third-order valence-corrected chi connectivity index (χ3v) is 5.06. The number of likely N-dealkylation sites (tertiary alicyclic amines) is 1. The topological polar surface area (TPSA) is 76.8 Å². The molecule has 0 saturated carbocycles. The van der Waals surface area contributed by atoms with Crippen molar-refractivity contribution in [1.29, 1.82) is 0 Å². The van der Waals surface area contributed by atoms with E-state index in [9.17, 15) is 4.79 Å². The minimum absolute atomic E-state index is 0.0132. The van der Waals surface area contributed by atoms with E-state index in [1.165, 1.54) is 0 Å². The third-order valence-electron chi connectivity index (χ3n) is 5.06. The molecule has 1 atom stereocenters. The van der Waals surface area contributed by atoms with Gasteiger partial charge < -0.3 is 15.3 Å². The quantitative estimate of drug-likeness (QED) is 0.669. The van der Waals surface area contributed by atoms with Crippen molar-refractivity contribution < 1.29 is 4.79 Å². The van der Waals surface area contributed by atoms with Crippen molar-refractivity contribution in [2.45, 2.75) is 19.9 Å². The highest BCUT2D eigenvalue weighted by Gasteiger charge is 2.24. The Kier molecular flexibility index (Phi) is 4.28. The van der Waals surface area contributed by atoms with E-state index in [-0.39, 0.29) is 5.91 Å². The van der Waals surface area contributed by atoms with Gasteiger partial charge in [0.2, 0.25) is 0 Å². The SMILES string of the molecule is Cc1c(C(=O)NC[C@H]2CCN(Cc3cnc[nH]3)C2)[nH]c2ccccc12. The molecular formula is C19H23N5O. The van der Waals surface area contributed by atoms with Crippen molar-refractivity contribution in [2.24, 2.45) is 5.92 Å².